The Morgan fingerprint density at radius 2 is 1.86 bits per heavy atom. The number of carbonyl (C=O) groups is 1. The number of nitrogens with zero attached hydrogens (tertiary/aromatic N) is 3. The van der Waals surface area contributed by atoms with Crippen molar-refractivity contribution < 1.29 is 4.79 Å². The minimum absolute atomic E-state index is 0.337. The maximum absolute atomic E-state index is 12.1. The monoisotopic (exact) mass is 434 g/mol. The minimum Gasteiger partial charge on any atom is -0.368 e. The highest BCUT2D eigenvalue weighted by Crippen LogP contribution is 2.37. The average Bonchev–Trinajstić information content (AvgIpc) is 3.01. The van der Waals surface area contributed by atoms with Crippen molar-refractivity contribution in [3.63, 3.8) is 0 Å². The molecule has 1 aromatic heterocycles. The SMILES string of the molecule is CC(C)Cn1c(SC(C(N)=O)c2ccccc2)nnc1-c1ccc(Cl)cc1Cl. The summed E-state index contributed by atoms with van der Waals surface area (Å²) < 4.78 is 1.98. The van der Waals surface area contributed by atoms with Crippen LogP contribution in [0.3, 0.4) is 0 Å². The topological polar surface area (TPSA) is 73.8 Å². The second-order valence-electron chi connectivity index (χ2n) is 6.75. The number of thioether (sulfide) groups is 1. The van der Waals surface area contributed by atoms with Crippen molar-refractivity contribution >= 4 is 40.9 Å². The largest absolute Gasteiger partial charge is 0.368 e. The molecule has 0 saturated heterocycles. The van der Waals surface area contributed by atoms with Gasteiger partial charge in [0, 0.05) is 17.1 Å². The van der Waals surface area contributed by atoms with Gasteiger partial charge in [-0.15, -0.1) is 10.2 Å². The number of halogens is 2. The lowest BCUT2D eigenvalue weighted by Gasteiger charge is -2.16. The van der Waals surface area contributed by atoms with Gasteiger partial charge < -0.3 is 10.3 Å². The fourth-order valence-corrected chi connectivity index (χ4v) is 4.29. The number of benzene rings is 2. The summed E-state index contributed by atoms with van der Waals surface area (Å²) >= 11 is 13.7. The highest BCUT2D eigenvalue weighted by molar-refractivity contribution is 8.00. The third-order valence-electron chi connectivity index (χ3n) is 4.02. The number of rotatable bonds is 7. The Balaban J connectivity index is 2.03. The summed E-state index contributed by atoms with van der Waals surface area (Å²) in [6.45, 7) is 4.87. The van der Waals surface area contributed by atoms with E-state index in [1.54, 1.807) is 12.1 Å². The highest BCUT2D eigenvalue weighted by atomic mass is 35.5. The van der Waals surface area contributed by atoms with Crippen LogP contribution in [0.2, 0.25) is 10.0 Å². The maximum Gasteiger partial charge on any atom is 0.235 e. The average molecular weight is 435 g/mol. The molecule has 0 radical (unpaired) electrons. The molecule has 0 aliphatic heterocycles. The third-order valence-corrected chi connectivity index (χ3v) is 5.82. The summed E-state index contributed by atoms with van der Waals surface area (Å²) in [6, 6.07) is 14.7. The van der Waals surface area contributed by atoms with Crippen LogP contribution in [-0.4, -0.2) is 20.7 Å². The molecular formula is C20H20Cl2N4OS. The van der Waals surface area contributed by atoms with Gasteiger partial charge in [-0.25, -0.2) is 0 Å². The van der Waals surface area contributed by atoms with Crippen molar-refractivity contribution in [1.82, 2.24) is 14.8 Å². The van der Waals surface area contributed by atoms with Crippen LogP contribution in [0.5, 0.6) is 0 Å². The second kappa shape index (κ2) is 8.99. The number of amides is 1. The van der Waals surface area contributed by atoms with Crippen LogP contribution < -0.4 is 5.73 Å². The summed E-state index contributed by atoms with van der Waals surface area (Å²) in [5, 5.41) is 9.78. The molecule has 0 fully saturated rings. The van der Waals surface area contributed by atoms with Crippen molar-refractivity contribution in [2.45, 2.75) is 30.8 Å². The van der Waals surface area contributed by atoms with E-state index >= 15 is 0 Å². The van der Waals surface area contributed by atoms with Gasteiger partial charge in [0.15, 0.2) is 11.0 Å². The van der Waals surface area contributed by atoms with Crippen molar-refractivity contribution in [3.8, 4) is 11.4 Å². The number of carbonyl (C=O) groups excluding carboxylic acids is 1. The summed E-state index contributed by atoms with van der Waals surface area (Å²) in [5.41, 5.74) is 7.24. The first-order chi connectivity index (χ1) is 13.4. The third kappa shape index (κ3) is 4.69. The lowest BCUT2D eigenvalue weighted by Crippen LogP contribution is -2.19. The van der Waals surface area contributed by atoms with Gasteiger partial charge in [0.2, 0.25) is 5.91 Å². The zero-order chi connectivity index (χ0) is 20.3. The molecule has 3 aromatic rings. The molecule has 1 atom stereocenters. The summed E-state index contributed by atoms with van der Waals surface area (Å²) in [5.74, 6) is 0.541. The Morgan fingerprint density at radius 3 is 2.46 bits per heavy atom. The van der Waals surface area contributed by atoms with Crippen LogP contribution >= 0.6 is 35.0 Å². The quantitative estimate of drug-likeness (QED) is 0.516. The predicted octanol–water partition coefficient (Wildman–Crippen LogP) is 5.23. The van der Waals surface area contributed by atoms with Gasteiger partial charge in [-0.05, 0) is 29.7 Å². The van der Waals surface area contributed by atoms with Crippen LogP contribution in [0.25, 0.3) is 11.4 Å². The normalized spacial score (nSPS) is 12.3. The van der Waals surface area contributed by atoms with E-state index < -0.39 is 11.2 Å². The predicted molar refractivity (Wildman–Crippen MR) is 115 cm³/mol. The molecule has 8 heteroatoms. The number of hydrogen-bond acceptors (Lipinski definition) is 4. The molecule has 1 unspecified atom stereocenters. The number of primary amides is 1. The molecule has 0 saturated carbocycles. The van der Waals surface area contributed by atoms with E-state index in [9.17, 15) is 4.79 Å². The molecule has 5 nitrogen and oxygen atoms in total. The van der Waals surface area contributed by atoms with Crippen molar-refractivity contribution in [2.75, 3.05) is 0 Å². The first kappa shape index (κ1) is 20.7. The van der Waals surface area contributed by atoms with Crippen molar-refractivity contribution in [2.24, 2.45) is 11.7 Å². The van der Waals surface area contributed by atoms with Gasteiger partial charge in [-0.3, -0.25) is 4.79 Å². The Kier molecular flexibility index (Phi) is 6.65. The van der Waals surface area contributed by atoms with E-state index in [4.69, 9.17) is 28.9 Å². The summed E-state index contributed by atoms with van der Waals surface area (Å²) in [4.78, 5) is 12.1. The van der Waals surface area contributed by atoms with E-state index in [0.29, 0.717) is 33.5 Å². The molecule has 2 aromatic carbocycles. The van der Waals surface area contributed by atoms with E-state index in [0.717, 1.165) is 11.1 Å². The first-order valence-electron chi connectivity index (χ1n) is 8.76. The van der Waals surface area contributed by atoms with Crippen molar-refractivity contribution in [3.05, 3.63) is 64.1 Å². The van der Waals surface area contributed by atoms with Crippen LogP contribution in [0.1, 0.15) is 24.7 Å². The zero-order valence-electron chi connectivity index (χ0n) is 15.5. The Labute approximate surface area is 178 Å². The fraction of sp³-hybridized carbons (Fsp3) is 0.250. The van der Waals surface area contributed by atoms with Crippen LogP contribution in [0.4, 0.5) is 0 Å². The Hall–Kier alpha value is -2.02. The van der Waals surface area contributed by atoms with Gasteiger partial charge in [0.25, 0.3) is 0 Å². The first-order valence-corrected chi connectivity index (χ1v) is 10.4. The van der Waals surface area contributed by atoms with Crippen LogP contribution in [0.15, 0.2) is 53.7 Å². The second-order valence-corrected chi connectivity index (χ2v) is 8.66. The fourth-order valence-electron chi connectivity index (χ4n) is 2.80. The van der Waals surface area contributed by atoms with Gasteiger partial charge in [-0.1, -0.05) is 79.1 Å². The van der Waals surface area contributed by atoms with Crippen LogP contribution in [0, 0.1) is 5.92 Å². The number of hydrogen-bond donors (Lipinski definition) is 1. The number of aromatic nitrogens is 3. The smallest absolute Gasteiger partial charge is 0.235 e. The molecule has 3 rings (SSSR count). The van der Waals surface area contributed by atoms with E-state index in [-0.39, 0.29) is 0 Å². The van der Waals surface area contributed by atoms with Gasteiger partial charge in [0.05, 0.1) is 5.02 Å². The molecule has 1 amide bonds. The standard InChI is InChI=1S/C20H20Cl2N4OS/c1-12(2)11-26-19(15-9-8-14(21)10-16(15)22)24-25-20(26)28-17(18(23)27)13-6-4-3-5-7-13/h3-10,12,17H,11H2,1-2H3,(H2,23,27). The van der Waals surface area contributed by atoms with Gasteiger partial charge in [-0.2, -0.15) is 0 Å². The molecule has 0 bridgehead atoms. The Bertz CT molecular complexity index is 976. The molecule has 2 N–H and O–H groups in total. The number of nitrogens with two attached hydrogens (primary N) is 1. The summed E-state index contributed by atoms with van der Waals surface area (Å²) in [6.07, 6.45) is 0. The van der Waals surface area contributed by atoms with Gasteiger partial charge >= 0.3 is 0 Å². The molecule has 146 valence electrons. The molecule has 0 spiro atoms. The van der Waals surface area contributed by atoms with Crippen LogP contribution in [-0.2, 0) is 11.3 Å². The highest BCUT2D eigenvalue weighted by Gasteiger charge is 2.25. The lowest BCUT2D eigenvalue weighted by molar-refractivity contribution is -0.117. The Morgan fingerprint density at radius 1 is 1.14 bits per heavy atom. The lowest BCUT2D eigenvalue weighted by atomic mass is 10.1. The molecular weight excluding hydrogens is 415 g/mol. The zero-order valence-corrected chi connectivity index (χ0v) is 17.8. The summed E-state index contributed by atoms with van der Waals surface area (Å²) in [7, 11) is 0. The molecule has 1 heterocycles. The van der Waals surface area contributed by atoms with Gasteiger partial charge in [0.1, 0.15) is 5.25 Å². The molecule has 0 aliphatic rings. The maximum atomic E-state index is 12.1. The minimum atomic E-state index is -0.565. The van der Waals surface area contributed by atoms with Crippen molar-refractivity contribution in [1.29, 1.82) is 0 Å². The van der Waals surface area contributed by atoms with E-state index in [1.807, 2.05) is 41.0 Å². The molecule has 0 aliphatic carbocycles. The van der Waals surface area contributed by atoms with E-state index in [1.165, 1.54) is 11.8 Å². The molecule has 28 heavy (non-hydrogen) atoms. The van der Waals surface area contributed by atoms with E-state index in [2.05, 4.69) is 24.0 Å².